The lowest BCUT2D eigenvalue weighted by molar-refractivity contribution is -0.384. The van der Waals surface area contributed by atoms with Crippen LogP contribution in [0.15, 0.2) is 24.3 Å². The summed E-state index contributed by atoms with van der Waals surface area (Å²) in [4.78, 5) is 32.5. The number of nitro benzene ring substituents is 1. The number of anilines is 1. The zero-order chi connectivity index (χ0) is 16.8. The number of hydrogen-bond acceptors (Lipinski definition) is 5. The van der Waals surface area contributed by atoms with Gasteiger partial charge < -0.3 is 15.7 Å². The number of benzene rings is 1. The predicted octanol–water partition coefficient (Wildman–Crippen LogP) is 1.77. The first-order chi connectivity index (χ1) is 10.2. The Morgan fingerprint density at radius 2 is 1.86 bits per heavy atom. The Morgan fingerprint density at radius 1 is 1.27 bits per heavy atom. The highest BCUT2D eigenvalue weighted by Crippen LogP contribution is 2.15. The third-order valence-electron chi connectivity index (χ3n) is 2.97. The second kappa shape index (κ2) is 7.39. The Balaban J connectivity index is 2.32. The minimum Gasteiger partial charge on any atom is -0.480 e. The number of nitro groups is 1. The Hall–Kier alpha value is -2.64. The highest BCUT2D eigenvalue weighted by Gasteiger charge is 2.28. The van der Waals surface area contributed by atoms with Gasteiger partial charge in [-0.1, -0.05) is 0 Å². The predicted molar refractivity (Wildman–Crippen MR) is 80.7 cm³/mol. The molecule has 1 amide bonds. The van der Waals surface area contributed by atoms with E-state index < -0.39 is 16.4 Å². The maximum absolute atomic E-state index is 11.6. The van der Waals surface area contributed by atoms with E-state index in [0.29, 0.717) is 13.0 Å². The second-order valence-electron chi connectivity index (χ2n) is 5.31. The van der Waals surface area contributed by atoms with E-state index in [1.165, 1.54) is 26.0 Å². The van der Waals surface area contributed by atoms with Gasteiger partial charge in [-0.2, -0.15) is 0 Å². The van der Waals surface area contributed by atoms with E-state index in [0.717, 1.165) is 5.69 Å². The molecule has 8 nitrogen and oxygen atoms in total. The number of carbonyl (C=O) groups is 2. The number of rotatable bonds is 8. The lowest BCUT2D eigenvalue weighted by Crippen LogP contribution is -2.49. The summed E-state index contributed by atoms with van der Waals surface area (Å²) in [5, 5.41) is 24.9. The summed E-state index contributed by atoms with van der Waals surface area (Å²) >= 11 is 0. The fraction of sp³-hybridized carbons (Fsp3) is 0.429. The summed E-state index contributed by atoms with van der Waals surface area (Å²) in [5.74, 6) is -1.43. The largest absolute Gasteiger partial charge is 0.480 e. The summed E-state index contributed by atoms with van der Waals surface area (Å²) in [6.45, 7) is 3.34. The number of nitrogens with zero attached hydrogens (tertiary/aromatic N) is 1. The van der Waals surface area contributed by atoms with Crippen molar-refractivity contribution in [1.82, 2.24) is 5.32 Å². The molecule has 1 aromatic rings. The van der Waals surface area contributed by atoms with Gasteiger partial charge in [-0.3, -0.25) is 14.9 Å². The SMILES string of the molecule is CC(C)(NC(=O)CCCNc1ccc([N+](=O)[O-])cc1)C(=O)O. The van der Waals surface area contributed by atoms with Crippen molar-refractivity contribution in [2.75, 3.05) is 11.9 Å². The molecule has 0 aliphatic heterocycles. The van der Waals surface area contributed by atoms with Crippen LogP contribution in [0.2, 0.25) is 0 Å². The van der Waals surface area contributed by atoms with Crippen LogP contribution in [-0.2, 0) is 9.59 Å². The van der Waals surface area contributed by atoms with Crippen LogP contribution in [0.1, 0.15) is 26.7 Å². The van der Waals surface area contributed by atoms with E-state index in [1.807, 2.05) is 0 Å². The highest BCUT2D eigenvalue weighted by atomic mass is 16.6. The first-order valence-corrected chi connectivity index (χ1v) is 6.75. The molecule has 0 heterocycles. The average molecular weight is 309 g/mol. The minimum absolute atomic E-state index is 0.0147. The van der Waals surface area contributed by atoms with Crippen molar-refractivity contribution in [2.24, 2.45) is 0 Å². The molecule has 120 valence electrons. The van der Waals surface area contributed by atoms with E-state index in [4.69, 9.17) is 5.11 Å². The molecular weight excluding hydrogens is 290 g/mol. The molecule has 0 aliphatic carbocycles. The van der Waals surface area contributed by atoms with Gasteiger partial charge in [0.2, 0.25) is 5.91 Å². The van der Waals surface area contributed by atoms with Crippen molar-refractivity contribution in [3.63, 3.8) is 0 Å². The van der Waals surface area contributed by atoms with Crippen molar-refractivity contribution >= 4 is 23.3 Å². The molecule has 1 aromatic carbocycles. The number of aliphatic carboxylic acids is 1. The topological polar surface area (TPSA) is 122 Å². The molecule has 22 heavy (non-hydrogen) atoms. The van der Waals surface area contributed by atoms with Gasteiger partial charge in [0.15, 0.2) is 0 Å². The zero-order valence-corrected chi connectivity index (χ0v) is 12.5. The summed E-state index contributed by atoms with van der Waals surface area (Å²) < 4.78 is 0. The number of carbonyl (C=O) groups excluding carboxylic acids is 1. The molecular formula is C14H19N3O5. The maximum Gasteiger partial charge on any atom is 0.328 e. The van der Waals surface area contributed by atoms with Crippen LogP contribution in [0.4, 0.5) is 11.4 Å². The van der Waals surface area contributed by atoms with E-state index in [2.05, 4.69) is 10.6 Å². The summed E-state index contributed by atoms with van der Waals surface area (Å²) in [5.41, 5.74) is -0.555. The molecule has 0 bridgehead atoms. The Labute approximate surface area is 127 Å². The third kappa shape index (κ3) is 5.39. The average Bonchev–Trinajstić information content (AvgIpc) is 2.43. The molecule has 0 radical (unpaired) electrons. The van der Waals surface area contributed by atoms with Crippen LogP contribution in [0, 0.1) is 10.1 Å². The summed E-state index contributed by atoms with van der Waals surface area (Å²) in [6, 6.07) is 5.96. The van der Waals surface area contributed by atoms with Crippen LogP contribution in [0.3, 0.4) is 0 Å². The van der Waals surface area contributed by atoms with Crippen molar-refractivity contribution in [3.05, 3.63) is 34.4 Å². The minimum atomic E-state index is -1.29. The van der Waals surface area contributed by atoms with Gasteiger partial charge in [0, 0.05) is 30.8 Å². The van der Waals surface area contributed by atoms with Crippen molar-refractivity contribution < 1.29 is 19.6 Å². The number of amides is 1. The molecule has 0 unspecified atom stereocenters. The standard InChI is InChI=1S/C14H19N3O5/c1-14(2,13(19)20)16-12(18)4-3-9-15-10-5-7-11(8-6-10)17(21)22/h5-8,15H,3-4,9H2,1-2H3,(H,16,18)(H,19,20). The molecule has 0 aromatic heterocycles. The zero-order valence-electron chi connectivity index (χ0n) is 12.5. The van der Waals surface area contributed by atoms with Gasteiger partial charge in [0.25, 0.3) is 5.69 Å². The van der Waals surface area contributed by atoms with Crippen molar-refractivity contribution in [1.29, 1.82) is 0 Å². The second-order valence-corrected chi connectivity index (χ2v) is 5.31. The fourth-order valence-corrected chi connectivity index (χ4v) is 1.65. The van der Waals surface area contributed by atoms with Gasteiger partial charge in [0.05, 0.1) is 4.92 Å². The molecule has 0 fully saturated rings. The number of nitrogens with one attached hydrogen (secondary N) is 2. The number of carboxylic acid groups (broad SMARTS) is 1. The van der Waals surface area contributed by atoms with E-state index in [-0.39, 0.29) is 18.0 Å². The summed E-state index contributed by atoms with van der Waals surface area (Å²) in [6.07, 6.45) is 0.704. The van der Waals surface area contributed by atoms with Crippen LogP contribution < -0.4 is 10.6 Å². The molecule has 0 atom stereocenters. The van der Waals surface area contributed by atoms with Crippen LogP contribution in [-0.4, -0.2) is 34.0 Å². The van der Waals surface area contributed by atoms with E-state index in [9.17, 15) is 19.7 Å². The van der Waals surface area contributed by atoms with Crippen LogP contribution in [0.5, 0.6) is 0 Å². The number of carboxylic acids is 1. The summed E-state index contributed by atoms with van der Waals surface area (Å²) in [7, 11) is 0. The van der Waals surface area contributed by atoms with E-state index in [1.54, 1.807) is 12.1 Å². The Kier molecular flexibility index (Phi) is 5.85. The Morgan fingerprint density at radius 3 is 2.36 bits per heavy atom. The third-order valence-corrected chi connectivity index (χ3v) is 2.97. The van der Waals surface area contributed by atoms with Crippen LogP contribution >= 0.6 is 0 Å². The molecule has 0 saturated heterocycles. The molecule has 3 N–H and O–H groups in total. The Bertz CT molecular complexity index is 554. The lowest BCUT2D eigenvalue weighted by atomic mass is 10.1. The molecule has 0 aliphatic rings. The first-order valence-electron chi connectivity index (χ1n) is 6.75. The number of non-ortho nitro benzene ring substituents is 1. The molecule has 8 heteroatoms. The lowest BCUT2D eigenvalue weighted by Gasteiger charge is -2.20. The first kappa shape index (κ1) is 17.4. The smallest absolute Gasteiger partial charge is 0.328 e. The molecule has 1 rings (SSSR count). The van der Waals surface area contributed by atoms with Gasteiger partial charge >= 0.3 is 5.97 Å². The monoisotopic (exact) mass is 309 g/mol. The quantitative estimate of drug-likeness (QED) is 0.382. The van der Waals surface area contributed by atoms with E-state index >= 15 is 0 Å². The van der Waals surface area contributed by atoms with Gasteiger partial charge in [-0.25, -0.2) is 4.79 Å². The molecule has 0 saturated carbocycles. The fourth-order valence-electron chi connectivity index (χ4n) is 1.65. The van der Waals surface area contributed by atoms with Gasteiger partial charge in [0.1, 0.15) is 5.54 Å². The normalized spacial score (nSPS) is 10.8. The highest BCUT2D eigenvalue weighted by molar-refractivity contribution is 5.86. The van der Waals surface area contributed by atoms with Gasteiger partial charge in [-0.15, -0.1) is 0 Å². The maximum atomic E-state index is 11.6. The number of hydrogen-bond donors (Lipinski definition) is 3. The van der Waals surface area contributed by atoms with Crippen molar-refractivity contribution in [3.8, 4) is 0 Å². The molecule has 0 spiro atoms. The van der Waals surface area contributed by atoms with Gasteiger partial charge in [-0.05, 0) is 32.4 Å². The van der Waals surface area contributed by atoms with Crippen molar-refractivity contribution in [2.45, 2.75) is 32.2 Å². The van der Waals surface area contributed by atoms with Crippen LogP contribution in [0.25, 0.3) is 0 Å².